The van der Waals surface area contributed by atoms with Crippen molar-refractivity contribution in [2.75, 3.05) is 13.1 Å². The number of rotatable bonds is 6. The molecule has 1 heterocycles. The molecule has 0 radical (unpaired) electrons. The van der Waals surface area contributed by atoms with E-state index in [1.807, 2.05) is 30.3 Å². The van der Waals surface area contributed by atoms with Crippen molar-refractivity contribution in [2.45, 2.75) is 30.2 Å². The third-order valence-electron chi connectivity index (χ3n) is 6.33. The third kappa shape index (κ3) is 4.49. The van der Waals surface area contributed by atoms with Gasteiger partial charge in [0.1, 0.15) is 5.54 Å². The number of nitrogens with one attached hydrogen (secondary N) is 1. The average molecular weight is 466 g/mol. The molecule has 1 saturated heterocycles. The number of hydrogen-bond acceptors (Lipinski definition) is 4. The largest absolute Gasteiger partial charge is 0.367 e. The molecule has 8 heteroatoms. The first-order chi connectivity index (χ1) is 15.7. The molecule has 4 rings (SSSR count). The van der Waals surface area contributed by atoms with Crippen LogP contribution in [0.2, 0.25) is 0 Å². The van der Waals surface area contributed by atoms with E-state index in [0.717, 1.165) is 10.8 Å². The molecule has 0 aromatic heterocycles. The topological polar surface area (TPSA) is 110 Å². The Morgan fingerprint density at radius 1 is 1.00 bits per heavy atom. The first-order valence-electron chi connectivity index (χ1n) is 10.9. The maximum atomic E-state index is 13.3. The number of carbonyl (C=O) groups is 2. The van der Waals surface area contributed by atoms with E-state index in [2.05, 4.69) is 5.32 Å². The van der Waals surface area contributed by atoms with Gasteiger partial charge >= 0.3 is 0 Å². The first-order valence-corrected chi connectivity index (χ1v) is 12.3. The lowest BCUT2D eigenvalue weighted by atomic mass is 9.89. The number of sulfonamides is 1. The molecule has 3 N–H and O–H groups in total. The lowest BCUT2D eigenvalue weighted by Crippen LogP contribution is -2.56. The summed E-state index contributed by atoms with van der Waals surface area (Å²) in [6.45, 7) is 1.95. The fourth-order valence-electron chi connectivity index (χ4n) is 4.25. The van der Waals surface area contributed by atoms with Crippen LogP contribution in [0.1, 0.15) is 25.3 Å². The molecule has 2 unspecified atom stereocenters. The Labute approximate surface area is 193 Å². The van der Waals surface area contributed by atoms with Gasteiger partial charge in [-0.1, -0.05) is 60.7 Å². The highest BCUT2D eigenvalue weighted by Crippen LogP contribution is 2.28. The van der Waals surface area contributed by atoms with E-state index < -0.39 is 33.3 Å². The monoisotopic (exact) mass is 465 g/mol. The summed E-state index contributed by atoms with van der Waals surface area (Å²) >= 11 is 0. The van der Waals surface area contributed by atoms with E-state index in [1.165, 1.54) is 4.31 Å². The molecule has 0 aliphatic carbocycles. The molecular formula is C25H27N3O4S. The SMILES string of the molecule is CC(NC(=O)C1CCCN(S(=O)(=O)c2ccc3ccccc3c2)C1)(C(N)=O)c1ccccc1. The summed E-state index contributed by atoms with van der Waals surface area (Å²) in [5, 5.41) is 4.58. The summed E-state index contributed by atoms with van der Waals surface area (Å²) < 4.78 is 28.0. The first kappa shape index (κ1) is 22.9. The number of amides is 2. The van der Waals surface area contributed by atoms with E-state index >= 15 is 0 Å². The second kappa shape index (κ2) is 8.96. The lowest BCUT2D eigenvalue weighted by Gasteiger charge is -2.34. The Morgan fingerprint density at radius 3 is 2.36 bits per heavy atom. The van der Waals surface area contributed by atoms with Gasteiger partial charge in [-0.3, -0.25) is 9.59 Å². The number of nitrogens with two attached hydrogens (primary N) is 1. The van der Waals surface area contributed by atoms with Gasteiger partial charge in [0.25, 0.3) is 0 Å². The van der Waals surface area contributed by atoms with Gasteiger partial charge in [0, 0.05) is 13.1 Å². The summed E-state index contributed by atoms with van der Waals surface area (Å²) in [7, 11) is -3.77. The van der Waals surface area contributed by atoms with Crippen molar-refractivity contribution < 1.29 is 18.0 Å². The molecule has 2 amide bonds. The summed E-state index contributed by atoms with van der Waals surface area (Å²) in [5.74, 6) is -1.66. The van der Waals surface area contributed by atoms with Crippen LogP contribution in [-0.4, -0.2) is 37.6 Å². The predicted molar refractivity (Wildman–Crippen MR) is 127 cm³/mol. The van der Waals surface area contributed by atoms with Gasteiger partial charge in [0.2, 0.25) is 21.8 Å². The van der Waals surface area contributed by atoms with Crippen LogP contribution in [0.15, 0.2) is 77.7 Å². The number of hydrogen-bond donors (Lipinski definition) is 2. The van der Waals surface area contributed by atoms with Crippen LogP contribution in [0.5, 0.6) is 0 Å². The van der Waals surface area contributed by atoms with Crippen molar-refractivity contribution in [1.29, 1.82) is 0 Å². The van der Waals surface area contributed by atoms with Crippen LogP contribution in [-0.2, 0) is 25.2 Å². The van der Waals surface area contributed by atoms with Gasteiger partial charge in [-0.25, -0.2) is 8.42 Å². The molecule has 33 heavy (non-hydrogen) atoms. The van der Waals surface area contributed by atoms with Crippen LogP contribution in [0.4, 0.5) is 0 Å². The molecule has 172 valence electrons. The zero-order chi connectivity index (χ0) is 23.6. The van der Waals surface area contributed by atoms with Gasteiger partial charge < -0.3 is 11.1 Å². The molecule has 3 aromatic rings. The maximum absolute atomic E-state index is 13.3. The molecule has 0 spiro atoms. The van der Waals surface area contributed by atoms with E-state index in [0.29, 0.717) is 24.9 Å². The number of primary amides is 1. The van der Waals surface area contributed by atoms with Crippen molar-refractivity contribution in [2.24, 2.45) is 11.7 Å². The summed E-state index contributed by atoms with van der Waals surface area (Å²) in [5.41, 5.74) is 4.82. The van der Waals surface area contributed by atoms with Crippen LogP contribution >= 0.6 is 0 Å². The zero-order valence-electron chi connectivity index (χ0n) is 18.4. The molecule has 1 aliphatic heterocycles. The summed E-state index contributed by atoms with van der Waals surface area (Å²) in [6, 6.07) is 21.4. The number of piperidine rings is 1. The van der Waals surface area contributed by atoms with Crippen molar-refractivity contribution in [1.82, 2.24) is 9.62 Å². The van der Waals surface area contributed by atoms with Crippen LogP contribution in [0.25, 0.3) is 10.8 Å². The van der Waals surface area contributed by atoms with E-state index in [-0.39, 0.29) is 11.4 Å². The van der Waals surface area contributed by atoms with Crippen LogP contribution < -0.4 is 11.1 Å². The minimum absolute atomic E-state index is 0.0463. The Kier molecular flexibility index (Phi) is 6.23. The normalized spacial score (nSPS) is 19.0. The van der Waals surface area contributed by atoms with E-state index in [4.69, 9.17) is 5.73 Å². The maximum Gasteiger partial charge on any atom is 0.247 e. The van der Waals surface area contributed by atoms with Crippen molar-refractivity contribution >= 4 is 32.6 Å². The Bertz CT molecular complexity index is 1290. The van der Waals surface area contributed by atoms with Gasteiger partial charge in [-0.2, -0.15) is 4.31 Å². The Morgan fingerprint density at radius 2 is 1.67 bits per heavy atom. The van der Waals surface area contributed by atoms with Crippen LogP contribution in [0, 0.1) is 5.92 Å². The number of benzene rings is 3. The molecule has 3 aromatic carbocycles. The Balaban J connectivity index is 1.55. The smallest absolute Gasteiger partial charge is 0.247 e. The number of carbonyl (C=O) groups excluding carboxylic acids is 2. The van der Waals surface area contributed by atoms with Crippen molar-refractivity contribution in [3.05, 3.63) is 78.4 Å². The average Bonchev–Trinajstić information content (AvgIpc) is 2.84. The van der Waals surface area contributed by atoms with Crippen LogP contribution in [0.3, 0.4) is 0 Å². The molecular weight excluding hydrogens is 438 g/mol. The number of nitrogens with zero attached hydrogens (tertiary/aromatic N) is 1. The molecule has 1 aliphatic rings. The van der Waals surface area contributed by atoms with E-state index in [1.54, 1.807) is 49.4 Å². The van der Waals surface area contributed by atoms with Crippen molar-refractivity contribution in [3.63, 3.8) is 0 Å². The highest BCUT2D eigenvalue weighted by molar-refractivity contribution is 7.89. The molecule has 0 bridgehead atoms. The highest BCUT2D eigenvalue weighted by atomic mass is 32.2. The third-order valence-corrected chi connectivity index (χ3v) is 8.19. The Hall–Kier alpha value is -3.23. The molecule has 2 atom stereocenters. The predicted octanol–water partition coefficient (Wildman–Crippen LogP) is 2.76. The second-order valence-electron chi connectivity index (χ2n) is 8.56. The fraction of sp³-hybridized carbons (Fsp3) is 0.280. The highest BCUT2D eigenvalue weighted by Gasteiger charge is 2.39. The zero-order valence-corrected chi connectivity index (χ0v) is 19.2. The van der Waals surface area contributed by atoms with Gasteiger partial charge in [-0.15, -0.1) is 0 Å². The summed E-state index contributed by atoms with van der Waals surface area (Å²) in [6.07, 6.45) is 1.07. The molecule has 1 fully saturated rings. The molecule has 0 saturated carbocycles. The molecule has 7 nitrogen and oxygen atoms in total. The van der Waals surface area contributed by atoms with Gasteiger partial charge in [0.15, 0.2) is 0 Å². The minimum atomic E-state index is -3.77. The van der Waals surface area contributed by atoms with Crippen molar-refractivity contribution in [3.8, 4) is 0 Å². The van der Waals surface area contributed by atoms with E-state index in [9.17, 15) is 18.0 Å². The number of fused-ring (bicyclic) bond motifs is 1. The van der Waals surface area contributed by atoms with Gasteiger partial charge in [0.05, 0.1) is 10.8 Å². The minimum Gasteiger partial charge on any atom is -0.367 e. The standard InChI is InChI=1S/C25H27N3O4S/c1-25(24(26)30,21-11-3-2-4-12-21)27-23(29)20-10-7-15-28(17-20)33(31,32)22-14-13-18-8-5-6-9-19(18)16-22/h2-6,8-9,11-14,16,20H,7,10,15,17H2,1H3,(H2,26,30)(H,27,29). The quantitative estimate of drug-likeness (QED) is 0.583. The fourth-order valence-corrected chi connectivity index (χ4v) is 5.81. The second-order valence-corrected chi connectivity index (χ2v) is 10.5. The lowest BCUT2D eigenvalue weighted by molar-refractivity contribution is -0.134. The summed E-state index contributed by atoms with van der Waals surface area (Å²) in [4.78, 5) is 25.6. The van der Waals surface area contributed by atoms with Gasteiger partial charge in [-0.05, 0) is 48.2 Å².